The molecule has 5 heteroatoms. The van der Waals surface area contributed by atoms with Gasteiger partial charge >= 0.3 is 0 Å². The van der Waals surface area contributed by atoms with E-state index in [9.17, 15) is 0 Å². The Hall–Kier alpha value is -1.75. The van der Waals surface area contributed by atoms with Crippen molar-refractivity contribution in [3.63, 3.8) is 0 Å². The van der Waals surface area contributed by atoms with E-state index in [1.807, 2.05) is 12.3 Å². The first kappa shape index (κ1) is 10.2. The molecule has 0 spiro atoms. The number of hydrogen-bond donors (Lipinski definition) is 2. The maximum atomic E-state index is 6.02. The lowest BCUT2D eigenvalue weighted by Gasteiger charge is -2.32. The molecule has 1 fully saturated rings. The minimum atomic E-state index is 0.167. The fourth-order valence-electron chi connectivity index (χ4n) is 2.71. The zero-order valence-corrected chi connectivity index (χ0v) is 9.98. The lowest BCUT2D eigenvalue weighted by Crippen LogP contribution is -2.41. The van der Waals surface area contributed by atoms with Crippen molar-refractivity contribution in [2.45, 2.75) is 25.0 Å². The number of aromatic nitrogens is 2. The average molecular weight is 245 g/mol. The van der Waals surface area contributed by atoms with Crippen molar-refractivity contribution in [1.29, 1.82) is 0 Å². The SMILES string of the molecule is c1cc2cc3c(nc2[nH]1)OC1CCOCCC1N3. The molecule has 2 aliphatic heterocycles. The molecule has 0 amide bonds. The number of nitrogens with one attached hydrogen (secondary N) is 2. The van der Waals surface area contributed by atoms with Gasteiger partial charge in [0.2, 0.25) is 5.88 Å². The van der Waals surface area contributed by atoms with Gasteiger partial charge in [-0.15, -0.1) is 0 Å². The predicted octanol–water partition coefficient (Wildman–Crippen LogP) is 1.91. The summed E-state index contributed by atoms with van der Waals surface area (Å²) in [5.74, 6) is 0.702. The van der Waals surface area contributed by atoms with Gasteiger partial charge in [0.05, 0.1) is 18.3 Å². The third kappa shape index (κ3) is 1.54. The molecule has 0 bridgehead atoms. The summed E-state index contributed by atoms with van der Waals surface area (Å²) in [6.07, 6.45) is 3.96. The minimum absolute atomic E-state index is 0.167. The number of H-pyrrole nitrogens is 1. The Bertz CT molecular complexity index is 533. The molecule has 2 N–H and O–H groups in total. The summed E-state index contributed by atoms with van der Waals surface area (Å²) in [6, 6.07) is 4.45. The first-order valence-corrected chi connectivity index (χ1v) is 6.39. The number of anilines is 1. The molecular weight excluding hydrogens is 230 g/mol. The third-order valence-corrected chi connectivity index (χ3v) is 3.67. The Morgan fingerprint density at radius 1 is 1.28 bits per heavy atom. The summed E-state index contributed by atoms with van der Waals surface area (Å²) in [7, 11) is 0. The lowest BCUT2D eigenvalue weighted by molar-refractivity contribution is 0.122. The Balaban J connectivity index is 1.75. The van der Waals surface area contributed by atoms with Crippen LogP contribution in [-0.4, -0.2) is 35.3 Å². The van der Waals surface area contributed by atoms with Gasteiger partial charge in [-0.2, -0.15) is 4.98 Å². The molecule has 94 valence electrons. The number of fused-ring (bicyclic) bond motifs is 3. The van der Waals surface area contributed by atoms with Crippen molar-refractivity contribution < 1.29 is 9.47 Å². The van der Waals surface area contributed by atoms with Gasteiger partial charge in [-0.05, 0) is 18.6 Å². The lowest BCUT2D eigenvalue weighted by atomic mass is 10.0. The van der Waals surface area contributed by atoms with Crippen LogP contribution in [-0.2, 0) is 4.74 Å². The van der Waals surface area contributed by atoms with Crippen molar-refractivity contribution in [2.75, 3.05) is 18.5 Å². The maximum absolute atomic E-state index is 6.02. The van der Waals surface area contributed by atoms with E-state index in [2.05, 4.69) is 21.4 Å². The van der Waals surface area contributed by atoms with Crippen LogP contribution in [0.3, 0.4) is 0 Å². The van der Waals surface area contributed by atoms with Crippen molar-refractivity contribution in [3.05, 3.63) is 18.3 Å². The van der Waals surface area contributed by atoms with Crippen LogP contribution < -0.4 is 10.1 Å². The van der Waals surface area contributed by atoms with Gasteiger partial charge in [0.1, 0.15) is 11.8 Å². The number of ether oxygens (including phenoxy) is 2. The normalized spacial score (nSPS) is 26.7. The Kier molecular flexibility index (Phi) is 2.20. The Morgan fingerprint density at radius 2 is 2.22 bits per heavy atom. The molecule has 0 aromatic carbocycles. The monoisotopic (exact) mass is 245 g/mol. The van der Waals surface area contributed by atoms with Crippen molar-refractivity contribution in [3.8, 4) is 5.88 Å². The zero-order valence-electron chi connectivity index (χ0n) is 9.98. The summed E-state index contributed by atoms with van der Waals surface area (Å²) in [5.41, 5.74) is 1.86. The molecule has 4 rings (SSSR count). The molecule has 2 atom stereocenters. The molecule has 1 saturated heterocycles. The van der Waals surface area contributed by atoms with E-state index in [1.54, 1.807) is 0 Å². The molecule has 0 radical (unpaired) electrons. The molecule has 18 heavy (non-hydrogen) atoms. The highest BCUT2D eigenvalue weighted by molar-refractivity contribution is 5.81. The quantitative estimate of drug-likeness (QED) is 0.744. The summed E-state index contributed by atoms with van der Waals surface area (Å²) in [5, 5.41) is 4.64. The summed E-state index contributed by atoms with van der Waals surface area (Å²) < 4.78 is 11.5. The largest absolute Gasteiger partial charge is 0.471 e. The van der Waals surface area contributed by atoms with Crippen LogP contribution in [0.5, 0.6) is 5.88 Å². The summed E-state index contributed by atoms with van der Waals surface area (Å²) >= 11 is 0. The van der Waals surface area contributed by atoms with E-state index in [0.717, 1.165) is 42.8 Å². The highest BCUT2D eigenvalue weighted by Gasteiger charge is 2.31. The molecule has 2 unspecified atom stereocenters. The summed E-state index contributed by atoms with van der Waals surface area (Å²) in [4.78, 5) is 7.63. The highest BCUT2D eigenvalue weighted by atomic mass is 16.5. The fourth-order valence-corrected chi connectivity index (χ4v) is 2.71. The van der Waals surface area contributed by atoms with E-state index in [1.165, 1.54) is 0 Å². The first-order chi connectivity index (χ1) is 8.90. The van der Waals surface area contributed by atoms with Gasteiger partial charge in [0.25, 0.3) is 0 Å². The van der Waals surface area contributed by atoms with Gasteiger partial charge in [-0.25, -0.2) is 0 Å². The minimum Gasteiger partial charge on any atom is -0.471 e. The number of nitrogens with zero attached hydrogens (tertiary/aromatic N) is 1. The molecule has 0 aliphatic carbocycles. The van der Waals surface area contributed by atoms with Gasteiger partial charge in [-0.3, -0.25) is 0 Å². The summed E-state index contributed by atoms with van der Waals surface area (Å²) in [6.45, 7) is 1.57. The van der Waals surface area contributed by atoms with Crippen molar-refractivity contribution >= 4 is 16.7 Å². The third-order valence-electron chi connectivity index (χ3n) is 3.67. The number of hydrogen-bond acceptors (Lipinski definition) is 4. The van der Waals surface area contributed by atoms with Gasteiger partial charge in [0.15, 0.2) is 0 Å². The fraction of sp³-hybridized carbons (Fsp3) is 0.462. The molecule has 0 saturated carbocycles. The van der Waals surface area contributed by atoms with E-state index < -0.39 is 0 Å². The molecule has 2 aromatic heterocycles. The first-order valence-electron chi connectivity index (χ1n) is 6.39. The van der Waals surface area contributed by atoms with Crippen LogP contribution in [0.2, 0.25) is 0 Å². The van der Waals surface area contributed by atoms with Crippen LogP contribution >= 0.6 is 0 Å². The van der Waals surface area contributed by atoms with E-state index in [0.29, 0.717) is 11.9 Å². The van der Waals surface area contributed by atoms with Crippen molar-refractivity contribution in [2.24, 2.45) is 0 Å². The number of aromatic amines is 1. The van der Waals surface area contributed by atoms with E-state index in [-0.39, 0.29) is 6.10 Å². The Morgan fingerprint density at radius 3 is 3.22 bits per heavy atom. The van der Waals surface area contributed by atoms with Gasteiger partial charge in [0, 0.05) is 24.6 Å². The predicted molar refractivity (Wildman–Crippen MR) is 68.0 cm³/mol. The van der Waals surface area contributed by atoms with E-state index >= 15 is 0 Å². The molecule has 4 heterocycles. The molecule has 2 aliphatic rings. The van der Waals surface area contributed by atoms with Crippen LogP contribution in [0.15, 0.2) is 18.3 Å². The number of pyridine rings is 1. The van der Waals surface area contributed by atoms with Crippen LogP contribution in [0.1, 0.15) is 12.8 Å². The second-order valence-electron chi connectivity index (χ2n) is 4.85. The van der Waals surface area contributed by atoms with Crippen LogP contribution in [0.4, 0.5) is 5.69 Å². The number of rotatable bonds is 0. The Labute approximate surface area is 104 Å². The second-order valence-corrected chi connectivity index (χ2v) is 4.85. The second kappa shape index (κ2) is 3.88. The molecular formula is C13H15N3O2. The highest BCUT2D eigenvalue weighted by Crippen LogP contribution is 2.34. The molecule has 5 nitrogen and oxygen atoms in total. The topological polar surface area (TPSA) is 59.2 Å². The standard InChI is InChI=1S/C13H15N3O2/c1-4-14-12-8(1)7-10-13(16-12)18-11-3-6-17-5-2-9(11)15-10/h1,4,7,9,11,15H,2-3,5-6H2,(H,14,16). The smallest absolute Gasteiger partial charge is 0.239 e. The van der Waals surface area contributed by atoms with Gasteiger partial charge in [-0.1, -0.05) is 0 Å². The van der Waals surface area contributed by atoms with Gasteiger partial charge < -0.3 is 19.8 Å². The average Bonchev–Trinajstić information content (AvgIpc) is 2.70. The maximum Gasteiger partial charge on any atom is 0.239 e. The van der Waals surface area contributed by atoms with Crippen molar-refractivity contribution in [1.82, 2.24) is 9.97 Å². The van der Waals surface area contributed by atoms with E-state index in [4.69, 9.17) is 9.47 Å². The zero-order chi connectivity index (χ0) is 11.9. The van der Waals surface area contributed by atoms with Crippen LogP contribution in [0.25, 0.3) is 11.0 Å². The molecule has 2 aromatic rings. The van der Waals surface area contributed by atoms with Crippen LogP contribution in [0, 0.1) is 0 Å².